The van der Waals surface area contributed by atoms with Crippen molar-refractivity contribution in [2.75, 3.05) is 31.5 Å². The number of nitrogens with one attached hydrogen (secondary N) is 1. The molecule has 0 bridgehead atoms. The minimum atomic E-state index is -0.503. The highest BCUT2D eigenvalue weighted by Crippen LogP contribution is 2.16. The maximum absolute atomic E-state index is 12.7. The van der Waals surface area contributed by atoms with Crippen LogP contribution in [0, 0.1) is 10.1 Å². The Morgan fingerprint density at radius 2 is 1.54 bits per heavy atom. The molecule has 3 rings (SSSR count). The summed E-state index contributed by atoms with van der Waals surface area (Å²) in [5.41, 5.74) is 0.986. The standard InChI is InChI=1S/C19H19ClN4O4/c20-15-4-6-16(7-5-15)21-19(26)23-11-1-10-22(12-13-23)18(25)14-2-8-17(9-3-14)24(27)28/h2-9H,1,10-13H2,(H,21,26). The first kappa shape index (κ1) is 19.6. The molecule has 0 spiro atoms. The van der Waals surface area contributed by atoms with Crippen LogP contribution in [0.25, 0.3) is 0 Å². The molecule has 1 aliphatic rings. The highest BCUT2D eigenvalue weighted by Gasteiger charge is 2.23. The van der Waals surface area contributed by atoms with Gasteiger partial charge in [0.25, 0.3) is 11.6 Å². The van der Waals surface area contributed by atoms with E-state index in [1.807, 2.05) is 0 Å². The van der Waals surface area contributed by atoms with Gasteiger partial charge in [0.05, 0.1) is 4.92 Å². The molecule has 2 aromatic rings. The van der Waals surface area contributed by atoms with E-state index >= 15 is 0 Å². The number of carbonyl (C=O) groups is 2. The van der Waals surface area contributed by atoms with Gasteiger partial charge in [-0.3, -0.25) is 14.9 Å². The monoisotopic (exact) mass is 402 g/mol. The van der Waals surface area contributed by atoms with Crippen LogP contribution < -0.4 is 5.32 Å². The SMILES string of the molecule is O=C(Nc1ccc(Cl)cc1)N1CCCN(C(=O)c2ccc([N+](=O)[O-])cc2)CC1. The number of nitro benzene ring substituents is 1. The van der Waals surface area contributed by atoms with E-state index in [2.05, 4.69) is 5.32 Å². The number of benzene rings is 2. The zero-order valence-electron chi connectivity index (χ0n) is 15.0. The number of hydrogen-bond donors (Lipinski definition) is 1. The van der Waals surface area contributed by atoms with Crippen molar-refractivity contribution >= 4 is 34.9 Å². The lowest BCUT2D eigenvalue weighted by Gasteiger charge is -2.22. The molecule has 146 valence electrons. The molecule has 0 unspecified atom stereocenters. The highest BCUT2D eigenvalue weighted by atomic mass is 35.5. The third-order valence-electron chi connectivity index (χ3n) is 4.49. The van der Waals surface area contributed by atoms with Gasteiger partial charge < -0.3 is 15.1 Å². The largest absolute Gasteiger partial charge is 0.337 e. The second-order valence-electron chi connectivity index (χ2n) is 6.37. The number of carbonyl (C=O) groups excluding carboxylic acids is 2. The number of nitro groups is 1. The molecule has 0 aromatic heterocycles. The van der Waals surface area contributed by atoms with Gasteiger partial charge in [-0.25, -0.2) is 4.79 Å². The van der Waals surface area contributed by atoms with E-state index in [1.54, 1.807) is 34.1 Å². The van der Waals surface area contributed by atoms with Gasteiger partial charge in [0, 0.05) is 54.6 Å². The van der Waals surface area contributed by atoms with E-state index in [-0.39, 0.29) is 17.6 Å². The first-order valence-corrected chi connectivity index (χ1v) is 9.17. The smallest absolute Gasteiger partial charge is 0.321 e. The molecule has 0 atom stereocenters. The Morgan fingerprint density at radius 3 is 2.18 bits per heavy atom. The number of amides is 3. The molecule has 8 nitrogen and oxygen atoms in total. The van der Waals surface area contributed by atoms with Crippen LogP contribution in [-0.4, -0.2) is 52.8 Å². The molecule has 1 aliphatic heterocycles. The van der Waals surface area contributed by atoms with Gasteiger partial charge in [-0.15, -0.1) is 0 Å². The summed E-state index contributed by atoms with van der Waals surface area (Å²) in [6.45, 7) is 1.84. The molecular weight excluding hydrogens is 384 g/mol. The average molecular weight is 403 g/mol. The lowest BCUT2D eigenvalue weighted by molar-refractivity contribution is -0.384. The molecule has 0 saturated carbocycles. The summed E-state index contributed by atoms with van der Waals surface area (Å²) in [7, 11) is 0. The van der Waals surface area contributed by atoms with Gasteiger partial charge in [0.2, 0.25) is 0 Å². The Labute approximate surface area is 166 Å². The van der Waals surface area contributed by atoms with Crippen LogP contribution in [0.15, 0.2) is 48.5 Å². The first-order chi connectivity index (χ1) is 13.4. The number of halogens is 1. The maximum atomic E-state index is 12.7. The fourth-order valence-electron chi connectivity index (χ4n) is 2.97. The molecule has 0 aliphatic carbocycles. The van der Waals surface area contributed by atoms with Crippen molar-refractivity contribution in [1.29, 1.82) is 0 Å². The van der Waals surface area contributed by atoms with E-state index in [9.17, 15) is 19.7 Å². The lowest BCUT2D eigenvalue weighted by Crippen LogP contribution is -2.39. The second-order valence-corrected chi connectivity index (χ2v) is 6.81. The topological polar surface area (TPSA) is 95.8 Å². The quantitative estimate of drug-likeness (QED) is 0.626. The summed E-state index contributed by atoms with van der Waals surface area (Å²) in [5.74, 6) is -0.199. The Bertz CT molecular complexity index is 871. The van der Waals surface area contributed by atoms with Crippen LogP contribution in [0.4, 0.5) is 16.2 Å². The molecule has 0 radical (unpaired) electrons. The van der Waals surface area contributed by atoms with E-state index in [0.29, 0.717) is 48.9 Å². The summed E-state index contributed by atoms with van der Waals surface area (Å²) in [6, 6.07) is 12.2. The first-order valence-electron chi connectivity index (χ1n) is 8.79. The minimum Gasteiger partial charge on any atom is -0.337 e. The van der Waals surface area contributed by atoms with Crippen LogP contribution in [0.2, 0.25) is 5.02 Å². The van der Waals surface area contributed by atoms with Crippen molar-refractivity contribution in [2.24, 2.45) is 0 Å². The normalized spacial score (nSPS) is 14.3. The maximum Gasteiger partial charge on any atom is 0.321 e. The van der Waals surface area contributed by atoms with Crippen molar-refractivity contribution in [3.63, 3.8) is 0 Å². The zero-order chi connectivity index (χ0) is 20.1. The Balaban J connectivity index is 1.59. The van der Waals surface area contributed by atoms with E-state index < -0.39 is 4.92 Å². The second kappa shape index (κ2) is 8.71. The van der Waals surface area contributed by atoms with Crippen LogP contribution in [0.3, 0.4) is 0 Å². The predicted molar refractivity (Wildman–Crippen MR) is 106 cm³/mol. The fourth-order valence-corrected chi connectivity index (χ4v) is 3.09. The van der Waals surface area contributed by atoms with Crippen LogP contribution >= 0.6 is 11.6 Å². The minimum absolute atomic E-state index is 0.0579. The summed E-state index contributed by atoms with van der Waals surface area (Å²) in [4.78, 5) is 38.7. The molecule has 1 N–H and O–H groups in total. The van der Waals surface area contributed by atoms with E-state index in [1.165, 1.54) is 24.3 Å². The van der Waals surface area contributed by atoms with Gasteiger partial charge in [-0.1, -0.05) is 11.6 Å². The van der Waals surface area contributed by atoms with Crippen molar-refractivity contribution in [1.82, 2.24) is 9.80 Å². The van der Waals surface area contributed by atoms with E-state index in [4.69, 9.17) is 11.6 Å². The Kier molecular flexibility index (Phi) is 6.10. The Hall–Kier alpha value is -3.13. The molecule has 1 heterocycles. The lowest BCUT2D eigenvalue weighted by atomic mass is 10.2. The van der Waals surface area contributed by atoms with Gasteiger partial charge in [-0.05, 0) is 42.8 Å². The summed E-state index contributed by atoms with van der Waals surface area (Å²) < 4.78 is 0. The molecule has 3 amide bonds. The third-order valence-corrected chi connectivity index (χ3v) is 4.74. The molecule has 2 aromatic carbocycles. The van der Waals surface area contributed by atoms with Gasteiger partial charge in [0.15, 0.2) is 0 Å². The van der Waals surface area contributed by atoms with Crippen LogP contribution in [0.5, 0.6) is 0 Å². The number of non-ortho nitro benzene ring substituents is 1. The summed E-state index contributed by atoms with van der Waals surface area (Å²) in [5, 5.41) is 14.1. The van der Waals surface area contributed by atoms with Crippen molar-refractivity contribution < 1.29 is 14.5 Å². The zero-order valence-corrected chi connectivity index (χ0v) is 15.8. The van der Waals surface area contributed by atoms with Gasteiger partial charge >= 0.3 is 6.03 Å². The average Bonchev–Trinajstić information content (AvgIpc) is 2.95. The van der Waals surface area contributed by atoms with Crippen LogP contribution in [-0.2, 0) is 0 Å². The number of urea groups is 1. The number of nitrogens with zero attached hydrogens (tertiary/aromatic N) is 3. The van der Waals surface area contributed by atoms with E-state index in [0.717, 1.165) is 0 Å². The van der Waals surface area contributed by atoms with Gasteiger partial charge in [-0.2, -0.15) is 0 Å². The summed E-state index contributed by atoms with van der Waals surface area (Å²) >= 11 is 5.84. The number of anilines is 1. The van der Waals surface area contributed by atoms with Gasteiger partial charge in [0.1, 0.15) is 0 Å². The number of hydrogen-bond acceptors (Lipinski definition) is 4. The van der Waals surface area contributed by atoms with Crippen molar-refractivity contribution in [3.8, 4) is 0 Å². The van der Waals surface area contributed by atoms with Crippen molar-refractivity contribution in [2.45, 2.75) is 6.42 Å². The fraction of sp³-hybridized carbons (Fsp3) is 0.263. The third kappa shape index (κ3) is 4.77. The number of rotatable bonds is 3. The Morgan fingerprint density at radius 1 is 0.929 bits per heavy atom. The summed E-state index contributed by atoms with van der Waals surface area (Å²) in [6.07, 6.45) is 0.646. The molecule has 1 fully saturated rings. The molecular formula is C19H19ClN4O4. The van der Waals surface area contributed by atoms with Crippen molar-refractivity contribution in [3.05, 3.63) is 69.2 Å². The molecule has 1 saturated heterocycles. The molecule has 28 heavy (non-hydrogen) atoms. The predicted octanol–water partition coefficient (Wildman–Crippen LogP) is 3.63. The highest BCUT2D eigenvalue weighted by molar-refractivity contribution is 6.30. The van der Waals surface area contributed by atoms with Crippen LogP contribution in [0.1, 0.15) is 16.8 Å². The molecule has 9 heteroatoms.